The number of nitrogens with one attached hydrogen (secondary N) is 1. The fourth-order valence-corrected chi connectivity index (χ4v) is 2.23. The molecule has 0 aliphatic rings. The summed E-state index contributed by atoms with van der Waals surface area (Å²) in [6, 6.07) is 9.69. The Morgan fingerprint density at radius 2 is 2.11 bits per heavy atom. The standard InChI is InChI=1S/C14H17BrN2O2/c1-11-4-5-14(13(15)8-11)19-10-12(18)9-16-17-6-2-3-7-17/h2-8,12,16,18H,9-10H2,1H3. The van der Waals surface area contributed by atoms with E-state index < -0.39 is 6.10 Å². The van der Waals surface area contributed by atoms with Gasteiger partial charge in [0.25, 0.3) is 0 Å². The summed E-state index contributed by atoms with van der Waals surface area (Å²) in [6.07, 6.45) is 3.18. The van der Waals surface area contributed by atoms with Crippen LogP contribution in [0.2, 0.25) is 0 Å². The zero-order valence-corrected chi connectivity index (χ0v) is 12.3. The summed E-state index contributed by atoms with van der Waals surface area (Å²) in [7, 11) is 0. The van der Waals surface area contributed by atoms with Gasteiger partial charge in [-0.1, -0.05) is 6.07 Å². The fraction of sp³-hybridized carbons (Fsp3) is 0.286. The summed E-state index contributed by atoms with van der Waals surface area (Å²) in [5.41, 5.74) is 4.22. The first-order valence-corrected chi connectivity index (χ1v) is 6.88. The summed E-state index contributed by atoms with van der Waals surface area (Å²) < 4.78 is 8.27. The molecule has 0 saturated carbocycles. The SMILES string of the molecule is Cc1ccc(OCC(O)CNn2cccc2)c(Br)c1. The summed E-state index contributed by atoms with van der Waals surface area (Å²) >= 11 is 3.44. The van der Waals surface area contributed by atoms with Crippen molar-refractivity contribution in [2.45, 2.75) is 13.0 Å². The summed E-state index contributed by atoms with van der Waals surface area (Å²) in [6.45, 7) is 2.69. The Labute approximate surface area is 121 Å². The van der Waals surface area contributed by atoms with E-state index in [9.17, 15) is 5.11 Å². The van der Waals surface area contributed by atoms with Crippen LogP contribution < -0.4 is 10.2 Å². The number of hydrogen-bond acceptors (Lipinski definition) is 3. The van der Waals surface area contributed by atoms with Crippen LogP contribution in [-0.2, 0) is 0 Å². The van der Waals surface area contributed by atoms with Crippen molar-refractivity contribution in [3.05, 3.63) is 52.8 Å². The molecule has 1 heterocycles. The number of aromatic nitrogens is 1. The third-order valence-electron chi connectivity index (χ3n) is 2.63. The van der Waals surface area contributed by atoms with Gasteiger partial charge in [0.15, 0.2) is 0 Å². The van der Waals surface area contributed by atoms with Crippen LogP contribution in [0.15, 0.2) is 47.2 Å². The molecule has 2 N–H and O–H groups in total. The van der Waals surface area contributed by atoms with Gasteiger partial charge in [0.1, 0.15) is 18.5 Å². The van der Waals surface area contributed by atoms with E-state index in [4.69, 9.17) is 4.74 Å². The molecule has 0 amide bonds. The van der Waals surface area contributed by atoms with E-state index in [2.05, 4.69) is 21.4 Å². The Bertz CT molecular complexity index is 514. The van der Waals surface area contributed by atoms with E-state index in [1.165, 1.54) is 0 Å². The molecule has 2 rings (SSSR count). The van der Waals surface area contributed by atoms with E-state index >= 15 is 0 Å². The highest BCUT2D eigenvalue weighted by atomic mass is 79.9. The third-order valence-corrected chi connectivity index (χ3v) is 3.25. The fourth-order valence-electron chi connectivity index (χ4n) is 1.62. The Morgan fingerprint density at radius 3 is 2.79 bits per heavy atom. The highest BCUT2D eigenvalue weighted by Gasteiger charge is 2.07. The highest BCUT2D eigenvalue weighted by Crippen LogP contribution is 2.25. The van der Waals surface area contributed by atoms with Gasteiger partial charge in [-0.2, -0.15) is 0 Å². The average molecular weight is 325 g/mol. The smallest absolute Gasteiger partial charge is 0.133 e. The van der Waals surface area contributed by atoms with Crippen molar-refractivity contribution in [1.82, 2.24) is 4.68 Å². The van der Waals surface area contributed by atoms with Gasteiger partial charge >= 0.3 is 0 Å². The molecule has 0 bridgehead atoms. The molecule has 1 aromatic heterocycles. The maximum absolute atomic E-state index is 9.84. The lowest BCUT2D eigenvalue weighted by atomic mass is 10.2. The van der Waals surface area contributed by atoms with Gasteiger partial charge in [-0.3, -0.25) is 4.68 Å². The number of aliphatic hydroxyl groups excluding tert-OH is 1. The van der Waals surface area contributed by atoms with Crippen LogP contribution in [0.1, 0.15) is 5.56 Å². The van der Waals surface area contributed by atoms with E-state index in [0.717, 1.165) is 15.8 Å². The Kier molecular flexibility index (Phi) is 4.87. The quantitative estimate of drug-likeness (QED) is 0.858. The molecule has 5 heteroatoms. The Morgan fingerprint density at radius 1 is 1.37 bits per heavy atom. The van der Waals surface area contributed by atoms with Gasteiger partial charge in [-0.15, -0.1) is 0 Å². The van der Waals surface area contributed by atoms with Crippen molar-refractivity contribution >= 4 is 15.9 Å². The number of hydrogen-bond donors (Lipinski definition) is 2. The summed E-state index contributed by atoms with van der Waals surface area (Å²) in [4.78, 5) is 0. The summed E-state index contributed by atoms with van der Waals surface area (Å²) in [5.74, 6) is 0.741. The number of ether oxygens (including phenoxy) is 1. The van der Waals surface area contributed by atoms with Gasteiger partial charge in [0.05, 0.1) is 11.0 Å². The number of aliphatic hydroxyl groups is 1. The molecule has 0 aliphatic heterocycles. The number of benzene rings is 1. The van der Waals surface area contributed by atoms with Crippen LogP contribution in [0.4, 0.5) is 0 Å². The molecule has 0 spiro atoms. The van der Waals surface area contributed by atoms with Crippen LogP contribution in [0.25, 0.3) is 0 Å². The monoisotopic (exact) mass is 324 g/mol. The zero-order valence-electron chi connectivity index (χ0n) is 10.7. The predicted molar refractivity (Wildman–Crippen MR) is 79.0 cm³/mol. The lowest BCUT2D eigenvalue weighted by molar-refractivity contribution is 0.115. The normalized spacial score (nSPS) is 12.2. The van der Waals surface area contributed by atoms with Crippen molar-refractivity contribution in [3.63, 3.8) is 0 Å². The number of rotatable bonds is 6. The van der Waals surface area contributed by atoms with Crippen LogP contribution in [0, 0.1) is 6.92 Å². The van der Waals surface area contributed by atoms with Gasteiger partial charge in [-0.05, 0) is 52.7 Å². The van der Waals surface area contributed by atoms with Gasteiger partial charge in [0, 0.05) is 12.4 Å². The molecule has 1 unspecified atom stereocenters. The second-order valence-corrected chi connectivity index (χ2v) is 5.21. The van der Waals surface area contributed by atoms with E-state index in [-0.39, 0.29) is 6.61 Å². The number of halogens is 1. The molecular formula is C14H17BrN2O2. The lowest BCUT2D eigenvalue weighted by Gasteiger charge is -2.15. The minimum Gasteiger partial charge on any atom is -0.490 e. The first-order valence-electron chi connectivity index (χ1n) is 6.09. The van der Waals surface area contributed by atoms with E-state index in [0.29, 0.717) is 6.54 Å². The molecule has 0 radical (unpaired) electrons. The minimum absolute atomic E-state index is 0.246. The lowest BCUT2D eigenvalue weighted by Crippen LogP contribution is -2.30. The molecule has 2 aromatic rings. The van der Waals surface area contributed by atoms with Crippen LogP contribution in [0.3, 0.4) is 0 Å². The van der Waals surface area contributed by atoms with E-state index in [1.54, 1.807) is 4.68 Å². The molecule has 19 heavy (non-hydrogen) atoms. The van der Waals surface area contributed by atoms with Gasteiger partial charge in [-0.25, -0.2) is 0 Å². The maximum atomic E-state index is 9.84. The second kappa shape index (κ2) is 6.63. The predicted octanol–water partition coefficient (Wildman–Crippen LogP) is 2.54. The first-order chi connectivity index (χ1) is 9.15. The van der Waals surface area contributed by atoms with Crippen LogP contribution >= 0.6 is 15.9 Å². The molecule has 102 valence electrons. The Balaban J connectivity index is 1.78. The third kappa shape index (κ3) is 4.29. The van der Waals surface area contributed by atoms with Crippen molar-refractivity contribution in [2.24, 2.45) is 0 Å². The van der Waals surface area contributed by atoms with Crippen molar-refractivity contribution in [3.8, 4) is 5.75 Å². The first kappa shape index (κ1) is 14.0. The van der Waals surface area contributed by atoms with E-state index in [1.807, 2.05) is 49.6 Å². The molecule has 1 aromatic carbocycles. The topological polar surface area (TPSA) is 46.4 Å². The van der Waals surface area contributed by atoms with Crippen molar-refractivity contribution in [2.75, 3.05) is 18.6 Å². The molecule has 0 aliphatic carbocycles. The maximum Gasteiger partial charge on any atom is 0.133 e. The second-order valence-electron chi connectivity index (χ2n) is 4.35. The van der Waals surface area contributed by atoms with Gasteiger partial charge in [0.2, 0.25) is 0 Å². The highest BCUT2D eigenvalue weighted by molar-refractivity contribution is 9.10. The molecule has 0 saturated heterocycles. The largest absolute Gasteiger partial charge is 0.490 e. The molecule has 0 fully saturated rings. The average Bonchev–Trinajstić information content (AvgIpc) is 2.88. The summed E-state index contributed by atoms with van der Waals surface area (Å²) in [5, 5.41) is 9.84. The zero-order chi connectivity index (χ0) is 13.7. The van der Waals surface area contributed by atoms with Crippen molar-refractivity contribution < 1.29 is 9.84 Å². The van der Waals surface area contributed by atoms with Gasteiger partial charge < -0.3 is 15.3 Å². The molecule has 4 nitrogen and oxygen atoms in total. The minimum atomic E-state index is -0.574. The van der Waals surface area contributed by atoms with Crippen molar-refractivity contribution in [1.29, 1.82) is 0 Å². The number of nitrogens with zero attached hydrogens (tertiary/aromatic N) is 1. The molecule has 1 atom stereocenters. The number of aryl methyl sites for hydroxylation is 1. The molecular weight excluding hydrogens is 308 g/mol. The van der Waals surface area contributed by atoms with Crippen LogP contribution in [0.5, 0.6) is 5.75 Å². The van der Waals surface area contributed by atoms with Crippen LogP contribution in [-0.4, -0.2) is 29.0 Å². The Hall–Kier alpha value is -1.46.